The Morgan fingerprint density at radius 2 is 2.31 bits per heavy atom. The summed E-state index contributed by atoms with van der Waals surface area (Å²) in [5.74, 6) is -1.07. The minimum atomic E-state index is -1.07. The number of aliphatic carboxylic acids is 1. The number of carboxylic acids is 1. The summed E-state index contributed by atoms with van der Waals surface area (Å²) < 4.78 is 0. The van der Waals surface area contributed by atoms with Crippen LogP contribution in [0.15, 0.2) is 4.79 Å². The summed E-state index contributed by atoms with van der Waals surface area (Å²) >= 11 is 5.44. The third kappa shape index (κ3) is 2.29. The highest BCUT2D eigenvalue weighted by atomic mass is 35.5. The monoisotopic (exact) mass is 202 g/mol. The number of carbonyl (C=O) groups is 1. The van der Waals surface area contributed by atoms with Crippen molar-refractivity contribution in [2.45, 2.75) is 13.3 Å². The summed E-state index contributed by atoms with van der Waals surface area (Å²) in [6.45, 7) is 1.54. The molecule has 0 aromatic carbocycles. The van der Waals surface area contributed by atoms with Gasteiger partial charge < -0.3 is 5.11 Å². The van der Waals surface area contributed by atoms with Crippen molar-refractivity contribution in [3.8, 4) is 0 Å². The van der Waals surface area contributed by atoms with Crippen molar-refractivity contribution in [1.29, 1.82) is 0 Å². The zero-order valence-corrected chi connectivity index (χ0v) is 7.55. The molecule has 0 spiro atoms. The van der Waals surface area contributed by atoms with Crippen molar-refractivity contribution < 1.29 is 9.90 Å². The predicted octanol–water partition coefficient (Wildman–Crippen LogP) is 0.359. The molecule has 1 heterocycles. The van der Waals surface area contributed by atoms with Gasteiger partial charge in [-0.2, -0.15) is 0 Å². The normalized spacial score (nSPS) is 10.0. The van der Waals surface area contributed by atoms with E-state index in [1.807, 2.05) is 0 Å². The molecule has 0 bridgehead atoms. The van der Waals surface area contributed by atoms with E-state index in [9.17, 15) is 9.59 Å². The third-order valence-corrected chi connectivity index (χ3v) is 1.70. The second-order valence-electron chi connectivity index (χ2n) is 2.49. The molecule has 0 unspecified atom stereocenters. The maximum absolute atomic E-state index is 11.2. The smallest absolute Gasteiger partial charge is 0.308 e. The minimum Gasteiger partial charge on any atom is -0.481 e. The average Bonchev–Trinajstić information content (AvgIpc) is 1.96. The average molecular weight is 203 g/mol. The number of nitrogens with one attached hydrogen (secondary N) is 1. The molecule has 1 rings (SSSR count). The van der Waals surface area contributed by atoms with Gasteiger partial charge in [0.2, 0.25) is 5.28 Å². The Balaban J connectivity index is 3.21. The minimum absolute atomic E-state index is 0.0309. The summed E-state index contributed by atoms with van der Waals surface area (Å²) in [7, 11) is 0. The van der Waals surface area contributed by atoms with Crippen LogP contribution < -0.4 is 5.56 Å². The number of carboxylic acid groups (broad SMARTS) is 1. The lowest BCUT2D eigenvalue weighted by Gasteiger charge is -2.00. The van der Waals surface area contributed by atoms with Crippen molar-refractivity contribution in [1.82, 2.24) is 9.97 Å². The zero-order chi connectivity index (χ0) is 10.0. The standard InChI is InChI=1S/C7H7ClN2O3/c1-3-4(2-5(11)12)6(13)10-7(8)9-3/h2H2,1H3,(H,11,12)(H,9,10,13). The Morgan fingerprint density at radius 3 is 2.77 bits per heavy atom. The van der Waals surface area contributed by atoms with Crippen LogP contribution in [0.2, 0.25) is 5.28 Å². The topological polar surface area (TPSA) is 83.0 Å². The van der Waals surface area contributed by atoms with Gasteiger partial charge in [-0.15, -0.1) is 0 Å². The number of rotatable bonds is 2. The molecule has 0 atom stereocenters. The maximum Gasteiger partial charge on any atom is 0.308 e. The van der Waals surface area contributed by atoms with Gasteiger partial charge in [0, 0.05) is 11.3 Å². The van der Waals surface area contributed by atoms with E-state index in [1.165, 1.54) is 0 Å². The number of aromatic amines is 1. The lowest BCUT2D eigenvalue weighted by molar-refractivity contribution is -0.136. The van der Waals surface area contributed by atoms with Crippen LogP contribution in [0, 0.1) is 6.92 Å². The van der Waals surface area contributed by atoms with Crippen LogP contribution in [0.5, 0.6) is 0 Å². The quantitative estimate of drug-likeness (QED) is 0.679. The molecule has 0 fully saturated rings. The van der Waals surface area contributed by atoms with Gasteiger partial charge in [-0.25, -0.2) is 4.98 Å². The number of halogens is 1. The van der Waals surface area contributed by atoms with Crippen LogP contribution in [-0.2, 0) is 11.2 Å². The summed E-state index contributed by atoms with van der Waals surface area (Å²) in [6, 6.07) is 0. The van der Waals surface area contributed by atoms with Crippen molar-refractivity contribution in [2.75, 3.05) is 0 Å². The van der Waals surface area contributed by atoms with Gasteiger partial charge in [0.1, 0.15) is 0 Å². The first-order valence-corrected chi connectivity index (χ1v) is 3.85. The van der Waals surface area contributed by atoms with Crippen molar-refractivity contribution >= 4 is 17.6 Å². The molecule has 1 aromatic rings. The Bertz CT molecular complexity index is 399. The number of H-pyrrole nitrogens is 1. The highest BCUT2D eigenvalue weighted by Crippen LogP contribution is 2.03. The fourth-order valence-electron chi connectivity index (χ4n) is 0.936. The Morgan fingerprint density at radius 1 is 1.69 bits per heavy atom. The molecular weight excluding hydrogens is 196 g/mol. The van der Waals surface area contributed by atoms with E-state index in [4.69, 9.17) is 16.7 Å². The van der Waals surface area contributed by atoms with Gasteiger partial charge in [-0.1, -0.05) is 0 Å². The lowest BCUT2D eigenvalue weighted by atomic mass is 10.2. The zero-order valence-electron chi connectivity index (χ0n) is 6.80. The van der Waals surface area contributed by atoms with Gasteiger partial charge in [0.25, 0.3) is 5.56 Å². The maximum atomic E-state index is 11.2. The molecule has 0 amide bonds. The number of aryl methyl sites for hydroxylation is 1. The first-order chi connectivity index (χ1) is 6.00. The van der Waals surface area contributed by atoms with Crippen molar-refractivity contribution in [3.63, 3.8) is 0 Å². The van der Waals surface area contributed by atoms with Gasteiger partial charge >= 0.3 is 5.97 Å². The number of hydrogen-bond donors (Lipinski definition) is 2. The number of hydrogen-bond acceptors (Lipinski definition) is 3. The van der Waals surface area contributed by atoms with Crippen LogP contribution in [-0.4, -0.2) is 21.0 Å². The first kappa shape index (κ1) is 9.73. The second-order valence-corrected chi connectivity index (χ2v) is 2.85. The Labute approximate surface area is 78.4 Å². The summed E-state index contributed by atoms with van der Waals surface area (Å²) in [4.78, 5) is 27.5. The first-order valence-electron chi connectivity index (χ1n) is 3.48. The summed E-state index contributed by atoms with van der Waals surface area (Å²) in [5.41, 5.74) is -0.0204. The van der Waals surface area contributed by atoms with E-state index in [1.54, 1.807) is 6.92 Å². The Kier molecular flexibility index (Phi) is 2.67. The van der Waals surface area contributed by atoms with Crippen molar-refractivity contribution in [2.24, 2.45) is 0 Å². The van der Waals surface area contributed by atoms with Crippen LogP contribution in [0.1, 0.15) is 11.3 Å². The van der Waals surface area contributed by atoms with E-state index < -0.39 is 11.5 Å². The molecule has 0 radical (unpaired) electrons. The van der Waals surface area contributed by atoms with Crippen LogP contribution in [0.25, 0.3) is 0 Å². The molecule has 0 aliphatic rings. The van der Waals surface area contributed by atoms with Crippen LogP contribution in [0.4, 0.5) is 0 Å². The van der Waals surface area contributed by atoms with E-state index in [2.05, 4.69) is 9.97 Å². The third-order valence-electron chi connectivity index (χ3n) is 1.52. The molecule has 13 heavy (non-hydrogen) atoms. The molecular formula is C7H7ClN2O3. The molecule has 2 N–H and O–H groups in total. The highest BCUT2D eigenvalue weighted by Gasteiger charge is 2.10. The number of nitrogens with zero attached hydrogens (tertiary/aromatic N) is 1. The molecule has 70 valence electrons. The molecule has 5 nitrogen and oxygen atoms in total. The summed E-state index contributed by atoms with van der Waals surface area (Å²) in [5, 5.41) is 8.44. The van der Waals surface area contributed by atoms with Gasteiger partial charge in [0.05, 0.1) is 6.42 Å². The molecule has 0 aliphatic carbocycles. The molecule has 1 aromatic heterocycles. The van der Waals surface area contributed by atoms with Gasteiger partial charge in [-0.05, 0) is 18.5 Å². The van der Waals surface area contributed by atoms with E-state index in [-0.39, 0.29) is 17.3 Å². The van der Waals surface area contributed by atoms with Crippen LogP contribution in [0.3, 0.4) is 0 Å². The molecule has 0 aliphatic heterocycles. The van der Waals surface area contributed by atoms with E-state index >= 15 is 0 Å². The molecule has 0 saturated heterocycles. The van der Waals surface area contributed by atoms with Crippen molar-refractivity contribution in [3.05, 3.63) is 26.9 Å². The van der Waals surface area contributed by atoms with E-state index in [0.717, 1.165) is 0 Å². The summed E-state index contributed by atoms with van der Waals surface area (Å²) in [6.07, 6.45) is -0.342. The van der Waals surface area contributed by atoms with Crippen LogP contribution >= 0.6 is 11.6 Å². The second kappa shape index (κ2) is 3.57. The molecule has 6 heteroatoms. The van der Waals surface area contributed by atoms with Gasteiger partial charge in [-0.3, -0.25) is 14.6 Å². The fraction of sp³-hybridized carbons (Fsp3) is 0.286. The van der Waals surface area contributed by atoms with Gasteiger partial charge in [0.15, 0.2) is 0 Å². The number of aromatic nitrogens is 2. The Hall–Kier alpha value is -1.36. The highest BCUT2D eigenvalue weighted by molar-refractivity contribution is 6.28. The van der Waals surface area contributed by atoms with E-state index in [0.29, 0.717) is 5.69 Å². The molecule has 0 saturated carbocycles. The predicted molar refractivity (Wildman–Crippen MR) is 45.9 cm³/mol. The lowest BCUT2D eigenvalue weighted by Crippen LogP contribution is -2.19. The SMILES string of the molecule is Cc1nc(Cl)[nH]c(=O)c1CC(=O)O. The largest absolute Gasteiger partial charge is 0.481 e. The fourth-order valence-corrected chi connectivity index (χ4v) is 1.15.